The van der Waals surface area contributed by atoms with E-state index in [2.05, 4.69) is 15.4 Å². The monoisotopic (exact) mass is 466 g/mol. The average molecular weight is 467 g/mol. The van der Waals surface area contributed by atoms with Gasteiger partial charge in [0, 0.05) is 55.3 Å². The second-order valence-electron chi connectivity index (χ2n) is 8.72. The van der Waals surface area contributed by atoms with Crippen LogP contribution in [-0.2, 0) is 7.05 Å². The standard InChI is InChI=1S/C27H26N6O2/c1-32-16-22(15-30-32)21-13-24(25(28)29-14-21)26(34)31-23-10-11-33(17-23)27(35)20-9-5-8-19(12-20)18-6-3-2-4-7-18/h2-9,12-16,23H,10-11,17H2,1H3,(H2,28,29)(H,31,34)/t23-/m0/s1. The van der Waals surface area contributed by atoms with Crippen LogP contribution in [0.1, 0.15) is 27.1 Å². The molecule has 2 aromatic heterocycles. The molecular weight excluding hydrogens is 440 g/mol. The number of carbonyl (C=O) groups is 2. The molecule has 1 atom stereocenters. The second-order valence-corrected chi connectivity index (χ2v) is 8.72. The summed E-state index contributed by atoms with van der Waals surface area (Å²) in [5.41, 5.74) is 10.6. The molecule has 0 spiro atoms. The summed E-state index contributed by atoms with van der Waals surface area (Å²) in [7, 11) is 1.83. The Hall–Kier alpha value is -4.46. The molecular formula is C27H26N6O2. The van der Waals surface area contributed by atoms with Crippen molar-refractivity contribution in [2.24, 2.45) is 7.05 Å². The van der Waals surface area contributed by atoms with E-state index in [1.54, 1.807) is 28.0 Å². The van der Waals surface area contributed by atoms with Gasteiger partial charge in [0.25, 0.3) is 11.8 Å². The lowest BCUT2D eigenvalue weighted by atomic mass is 10.0. The number of pyridine rings is 1. The SMILES string of the molecule is Cn1cc(-c2cnc(N)c(C(=O)N[C@H]3CCN(C(=O)c4cccc(-c5ccccc5)c4)C3)c2)cn1. The molecule has 1 fully saturated rings. The maximum Gasteiger partial charge on any atom is 0.255 e. The van der Waals surface area contributed by atoms with Crippen LogP contribution in [0, 0.1) is 0 Å². The maximum atomic E-state index is 13.2. The van der Waals surface area contributed by atoms with Crippen molar-refractivity contribution in [1.82, 2.24) is 25.0 Å². The zero-order valence-corrected chi connectivity index (χ0v) is 19.4. The number of aromatic nitrogens is 3. The van der Waals surface area contributed by atoms with Crippen molar-refractivity contribution in [3.05, 3.63) is 90.4 Å². The molecule has 4 aromatic rings. The largest absolute Gasteiger partial charge is 0.383 e. The number of hydrogen-bond acceptors (Lipinski definition) is 5. The van der Waals surface area contributed by atoms with Crippen LogP contribution in [0.15, 0.2) is 79.3 Å². The third kappa shape index (κ3) is 4.77. The topological polar surface area (TPSA) is 106 Å². The van der Waals surface area contributed by atoms with Crippen molar-refractivity contribution in [2.45, 2.75) is 12.5 Å². The van der Waals surface area contributed by atoms with Crippen molar-refractivity contribution < 1.29 is 9.59 Å². The normalized spacial score (nSPS) is 15.2. The van der Waals surface area contributed by atoms with Crippen LogP contribution >= 0.6 is 0 Å². The average Bonchev–Trinajstić information content (AvgIpc) is 3.53. The Balaban J connectivity index is 1.26. The molecule has 3 heterocycles. The predicted molar refractivity (Wildman–Crippen MR) is 135 cm³/mol. The summed E-state index contributed by atoms with van der Waals surface area (Å²) in [6, 6.07) is 19.2. The predicted octanol–water partition coefficient (Wildman–Crippen LogP) is 3.38. The fourth-order valence-electron chi connectivity index (χ4n) is 4.36. The van der Waals surface area contributed by atoms with Crippen LogP contribution in [0.25, 0.3) is 22.3 Å². The van der Waals surface area contributed by atoms with Crippen LogP contribution in [0.4, 0.5) is 5.82 Å². The molecule has 0 bridgehead atoms. The Bertz CT molecular complexity index is 1380. The highest BCUT2D eigenvalue weighted by molar-refractivity contribution is 6.00. The van der Waals surface area contributed by atoms with Crippen LogP contribution in [-0.4, -0.2) is 50.6 Å². The quantitative estimate of drug-likeness (QED) is 0.469. The molecule has 1 saturated heterocycles. The van der Waals surface area contributed by atoms with Gasteiger partial charge in [0.2, 0.25) is 0 Å². The Kier molecular flexibility index (Phi) is 6.01. The third-order valence-electron chi connectivity index (χ3n) is 6.23. The molecule has 1 aliphatic heterocycles. The number of benzene rings is 2. The summed E-state index contributed by atoms with van der Waals surface area (Å²) >= 11 is 0. The van der Waals surface area contributed by atoms with Gasteiger partial charge in [0.05, 0.1) is 11.8 Å². The molecule has 8 nitrogen and oxygen atoms in total. The van der Waals surface area contributed by atoms with E-state index in [9.17, 15) is 9.59 Å². The molecule has 3 N–H and O–H groups in total. The Morgan fingerprint density at radius 1 is 0.971 bits per heavy atom. The first kappa shape index (κ1) is 22.3. The molecule has 0 unspecified atom stereocenters. The summed E-state index contributed by atoms with van der Waals surface area (Å²) < 4.78 is 1.69. The maximum absolute atomic E-state index is 13.2. The third-order valence-corrected chi connectivity index (χ3v) is 6.23. The summed E-state index contributed by atoms with van der Waals surface area (Å²) in [6.45, 7) is 1.01. The Morgan fingerprint density at radius 3 is 2.54 bits per heavy atom. The molecule has 1 aliphatic rings. The lowest BCUT2D eigenvalue weighted by Gasteiger charge is -2.18. The van der Waals surface area contributed by atoms with E-state index in [0.717, 1.165) is 22.3 Å². The number of nitrogens with two attached hydrogens (primary N) is 1. The molecule has 0 radical (unpaired) electrons. The fourth-order valence-corrected chi connectivity index (χ4v) is 4.36. The van der Waals surface area contributed by atoms with E-state index in [1.807, 2.05) is 67.8 Å². The van der Waals surface area contributed by atoms with Gasteiger partial charge in [-0.25, -0.2) is 4.98 Å². The number of rotatable bonds is 5. The zero-order chi connectivity index (χ0) is 24.4. The van der Waals surface area contributed by atoms with E-state index < -0.39 is 0 Å². The number of aryl methyl sites for hydroxylation is 1. The summed E-state index contributed by atoms with van der Waals surface area (Å²) in [5.74, 6) is -0.177. The Labute approximate surface area is 203 Å². The lowest BCUT2D eigenvalue weighted by Crippen LogP contribution is -2.38. The van der Waals surface area contributed by atoms with Crippen molar-refractivity contribution >= 4 is 17.6 Å². The molecule has 0 aliphatic carbocycles. The number of likely N-dealkylation sites (tertiary alicyclic amines) is 1. The van der Waals surface area contributed by atoms with E-state index in [4.69, 9.17) is 5.73 Å². The van der Waals surface area contributed by atoms with Gasteiger partial charge in [-0.05, 0) is 35.7 Å². The van der Waals surface area contributed by atoms with Gasteiger partial charge in [0.15, 0.2) is 0 Å². The first-order valence-electron chi connectivity index (χ1n) is 11.5. The second kappa shape index (κ2) is 9.42. The van der Waals surface area contributed by atoms with Crippen LogP contribution in [0.5, 0.6) is 0 Å². The lowest BCUT2D eigenvalue weighted by molar-refractivity contribution is 0.0783. The Morgan fingerprint density at radius 2 is 1.77 bits per heavy atom. The fraction of sp³-hybridized carbons (Fsp3) is 0.185. The number of nitrogens with zero attached hydrogens (tertiary/aromatic N) is 4. The van der Waals surface area contributed by atoms with Gasteiger partial charge in [-0.2, -0.15) is 5.10 Å². The first-order valence-corrected chi connectivity index (χ1v) is 11.5. The van der Waals surface area contributed by atoms with Gasteiger partial charge in [0.1, 0.15) is 5.82 Å². The molecule has 35 heavy (non-hydrogen) atoms. The zero-order valence-electron chi connectivity index (χ0n) is 19.4. The van der Waals surface area contributed by atoms with Crippen LogP contribution in [0.3, 0.4) is 0 Å². The number of amides is 2. The first-order chi connectivity index (χ1) is 17.0. The minimum absolute atomic E-state index is 0.0423. The minimum atomic E-state index is -0.300. The van der Waals surface area contributed by atoms with E-state index in [-0.39, 0.29) is 23.7 Å². The van der Waals surface area contributed by atoms with E-state index >= 15 is 0 Å². The summed E-state index contributed by atoms with van der Waals surface area (Å²) in [6.07, 6.45) is 5.86. The smallest absolute Gasteiger partial charge is 0.255 e. The number of carbonyl (C=O) groups excluding carboxylic acids is 2. The minimum Gasteiger partial charge on any atom is -0.383 e. The molecule has 176 valence electrons. The van der Waals surface area contributed by atoms with Gasteiger partial charge in [-0.3, -0.25) is 14.3 Å². The van der Waals surface area contributed by atoms with Crippen LogP contribution < -0.4 is 11.1 Å². The highest BCUT2D eigenvalue weighted by Gasteiger charge is 2.29. The summed E-state index contributed by atoms with van der Waals surface area (Å²) in [5, 5.41) is 7.18. The number of hydrogen-bond donors (Lipinski definition) is 2. The molecule has 8 heteroatoms. The van der Waals surface area contributed by atoms with Gasteiger partial charge < -0.3 is 16.0 Å². The van der Waals surface area contributed by atoms with Gasteiger partial charge >= 0.3 is 0 Å². The van der Waals surface area contributed by atoms with Crippen molar-refractivity contribution in [1.29, 1.82) is 0 Å². The van der Waals surface area contributed by atoms with Gasteiger partial charge in [-0.15, -0.1) is 0 Å². The molecule has 2 aromatic carbocycles. The highest BCUT2D eigenvalue weighted by Crippen LogP contribution is 2.24. The molecule has 5 rings (SSSR count). The van der Waals surface area contributed by atoms with E-state index in [1.165, 1.54) is 0 Å². The van der Waals surface area contributed by atoms with Gasteiger partial charge in [-0.1, -0.05) is 42.5 Å². The van der Waals surface area contributed by atoms with Crippen LogP contribution in [0.2, 0.25) is 0 Å². The summed E-state index contributed by atoms with van der Waals surface area (Å²) in [4.78, 5) is 32.1. The number of anilines is 1. The van der Waals surface area contributed by atoms with Crippen molar-refractivity contribution in [3.63, 3.8) is 0 Å². The van der Waals surface area contributed by atoms with E-state index in [0.29, 0.717) is 30.6 Å². The van der Waals surface area contributed by atoms with Crippen molar-refractivity contribution in [3.8, 4) is 22.3 Å². The van der Waals surface area contributed by atoms with Crippen molar-refractivity contribution in [2.75, 3.05) is 18.8 Å². The highest BCUT2D eigenvalue weighted by atomic mass is 16.2. The molecule has 0 saturated carbocycles. The number of nitrogens with one attached hydrogen (secondary N) is 1. The number of nitrogen functional groups attached to an aromatic ring is 1. The molecule has 2 amide bonds.